The molecule has 3 amide bonds. The molecule has 28 heavy (non-hydrogen) atoms. The van der Waals surface area contributed by atoms with Crippen molar-refractivity contribution in [1.29, 1.82) is 0 Å². The van der Waals surface area contributed by atoms with Crippen LogP contribution in [0.2, 0.25) is 0 Å². The van der Waals surface area contributed by atoms with Crippen molar-refractivity contribution in [3.8, 4) is 0 Å². The van der Waals surface area contributed by atoms with Gasteiger partial charge in [0.25, 0.3) is 0 Å². The largest absolute Gasteiger partial charge is 0.453 e. The first kappa shape index (κ1) is 19.7. The Morgan fingerprint density at radius 1 is 1.29 bits per heavy atom. The van der Waals surface area contributed by atoms with Gasteiger partial charge in [0.1, 0.15) is 11.9 Å². The Balaban J connectivity index is 1.64. The highest BCUT2D eigenvalue weighted by Crippen LogP contribution is 2.28. The summed E-state index contributed by atoms with van der Waals surface area (Å²) in [6, 6.07) is 4.57. The number of nitrogens with one attached hydrogen (secondary N) is 1. The maximum absolute atomic E-state index is 14.7. The van der Waals surface area contributed by atoms with Gasteiger partial charge in [0, 0.05) is 33.1 Å². The number of anilines is 2. The van der Waals surface area contributed by atoms with E-state index in [9.17, 15) is 18.8 Å². The second-order valence-electron chi connectivity index (χ2n) is 6.63. The number of halogens is 1. The number of hydrogen-bond acceptors (Lipinski definition) is 6. The number of carbonyl (C=O) groups excluding carboxylic acids is 3. The van der Waals surface area contributed by atoms with Crippen LogP contribution in [0.1, 0.15) is 6.92 Å². The van der Waals surface area contributed by atoms with Crippen LogP contribution in [-0.4, -0.2) is 75.5 Å². The molecule has 2 fully saturated rings. The van der Waals surface area contributed by atoms with Gasteiger partial charge in [-0.2, -0.15) is 0 Å². The molecule has 1 aromatic rings. The zero-order valence-electron chi connectivity index (χ0n) is 15.8. The maximum atomic E-state index is 14.7. The molecule has 3 rings (SSSR count). The Morgan fingerprint density at radius 3 is 2.61 bits per heavy atom. The Labute approximate surface area is 162 Å². The Morgan fingerprint density at radius 2 is 2.00 bits per heavy atom. The van der Waals surface area contributed by atoms with Crippen LogP contribution in [0.5, 0.6) is 0 Å². The summed E-state index contributed by atoms with van der Waals surface area (Å²) in [5.74, 6) is -0.667. The average Bonchev–Trinajstić information content (AvgIpc) is 3.06. The molecule has 9 nitrogen and oxygen atoms in total. The molecule has 0 aliphatic carbocycles. The third kappa shape index (κ3) is 4.26. The lowest BCUT2D eigenvalue weighted by atomic mass is 10.2. The van der Waals surface area contributed by atoms with Crippen LogP contribution in [0.4, 0.5) is 25.4 Å². The number of amides is 3. The van der Waals surface area contributed by atoms with Crippen LogP contribution >= 0.6 is 0 Å². The molecule has 152 valence electrons. The van der Waals surface area contributed by atoms with Crippen LogP contribution in [0.25, 0.3) is 0 Å². The molecule has 1 atom stereocenters. The van der Waals surface area contributed by atoms with E-state index in [0.717, 1.165) is 0 Å². The molecular formula is C18H23FN4O5. The monoisotopic (exact) mass is 394 g/mol. The molecule has 10 heteroatoms. The summed E-state index contributed by atoms with van der Waals surface area (Å²) in [5.41, 5.74) is 0.806. The molecule has 0 bridgehead atoms. The van der Waals surface area contributed by atoms with E-state index >= 15 is 0 Å². The smallest absolute Gasteiger partial charge is 0.414 e. The summed E-state index contributed by atoms with van der Waals surface area (Å²) in [7, 11) is 1.33. The minimum atomic E-state index is -0.575. The summed E-state index contributed by atoms with van der Waals surface area (Å²) >= 11 is 0. The van der Waals surface area contributed by atoms with Gasteiger partial charge < -0.3 is 24.6 Å². The van der Waals surface area contributed by atoms with Crippen molar-refractivity contribution < 1.29 is 28.2 Å². The molecule has 0 radical (unpaired) electrons. The average molecular weight is 394 g/mol. The van der Waals surface area contributed by atoms with Crippen molar-refractivity contribution in [2.45, 2.75) is 13.0 Å². The van der Waals surface area contributed by atoms with Crippen molar-refractivity contribution in [1.82, 2.24) is 10.2 Å². The fourth-order valence-electron chi connectivity index (χ4n) is 3.28. The number of methoxy groups -OCH3 is 1. The third-order valence-corrected chi connectivity index (χ3v) is 4.75. The molecule has 0 spiro atoms. The summed E-state index contributed by atoms with van der Waals surface area (Å²) in [5, 5.41) is 2.60. The summed E-state index contributed by atoms with van der Waals surface area (Å²) < 4.78 is 24.6. The van der Waals surface area contributed by atoms with Gasteiger partial charge >= 0.3 is 12.2 Å². The topological polar surface area (TPSA) is 91.4 Å². The first-order chi connectivity index (χ1) is 13.4. The SMILES string of the molecule is COC(=O)N1CCN(c2ccc(N3CC(CNC(C)=O)OC3=O)cc2F)CC1. The maximum Gasteiger partial charge on any atom is 0.414 e. The van der Waals surface area contributed by atoms with E-state index in [0.29, 0.717) is 37.6 Å². The molecule has 0 aromatic heterocycles. The van der Waals surface area contributed by atoms with Crippen LogP contribution in [0, 0.1) is 5.82 Å². The second-order valence-corrected chi connectivity index (χ2v) is 6.63. The van der Waals surface area contributed by atoms with E-state index in [2.05, 4.69) is 5.32 Å². The third-order valence-electron chi connectivity index (χ3n) is 4.75. The van der Waals surface area contributed by atoms with E-state index in [-0.39, 0.29) is 19.0 Å². The lowest BCUT2D eigenvalue weighted by molar-refractivity contribution is -0.119. The van der Waals surface area contributed by atoms with E-state index in [4.69, 9.17) is 9.47 Å². The molecular weight excluding hydrogens is 371 g/mol. The van der Waals surface area contributed by atoms with Gasteiger partial charge in [0.05, 0.1) is 31.6 Å². The van der Waals surface area contributed by atoms with Crippen molar-refractivity contribution in [2.75, 3.05) is 56.2 Å². The molecule has 2 aliphatic rings. The molecule has 1 aromatic carbocycles. The molecule has 1 unspecified atom stereocenters. The van der Waals surface area contributed by atoms with E-state index < -0.39 is 24.1 Å². The number of cyclic esters (lactones) is 1. The van der Waals surface area contributed by atoms with Crippen LogP contribution in [-0.2, 0) is 14.3 Å². The standard InChI is InChI=1S/C18H23FN4O5/c1-12(24)20-10-14-11-23(18(26)28-14)13-3-4-16(15(19)9-13)21-5-7-22(8-6-21)17(25)27-2/h3-4,9,14H,5-8,10-11H2,1-2H3,(H,20,24). The second kappa shape index (κ2) is 8.32. The highest BCUT2D eigenvalue weighted by Gasteiger charge is 2.33. The predicted molar refractivity (Wildman–Crippen MR) is 98.9 cm³/mol. The molecule has 2 heterocycles. The highest BCUT2D eigenvalue weighted by molar-refractivity contribution is 5.90. The Bertz CT molecular complexity index is 766. The van der Waals surface area contributed by atoms with Gasteiger partial charge in [-0.05, 0) is 18.2 Å². The number of carbonyl (C=O) groups is 3. The zero-order valence-corrected chi connectivity index (χ0v) is 15.8. The lowest BCUT2D eigenvalue weighted by Crippen LogP contribution is -2.49. The summed E-state index contributed by atoms with van der Waals surface area (Å²) in [6.07, 6.45) is -1.45. The molecule has 2 saturated heterocycles. The lowest BCUT2D eigenvalue weighted by Gasteiger charge is -2.35. The Kier molecular flexibility index (Phi) is 5.86. The predicted octanol–water partition coefficient (Wildman–Crippen LogP) is 1.18. The zero-order chi connectivity index (χ0) is 20.3. The fraction of sp³-hybridized carbons (Fsp3) is 0.500. The normalized spacial score (nSPS) is 19.5. The number of rotatable bonds is 4. The van der Waals surface area contributed by atoms with Gasteiger partial charge in [-0.25, -0.2) is 14.0 Å². The van der Waals surface area contributed by atoms with E-state index in [1.807, 2.05) is 4.90 Å². The van der Waals surface area contributed by atoms with Crippen molar-refractivity contribution in [2.24, 2.45) is 0 Å². The quantitative estimate of drug-likeness (QED) is 0.825. The van der Waals surface area contributed by atoms with Gasteiger partial charge in [0.2, 0.25) is 5.91 Å². The first-order valence-electron chi connectivity index (χ1n) is 8.99. The van der Waals surface area contributed by atoms with Gasteiger partial charge in [-0.3, -0.25) is 9.69 Å². The van der Waals surface area contributed by atoms with E-state index in [1.54, 1.807) is 17.0 Å². The highest BCUT2D eigenvalue weighted by atomic mass is 19.1. The molecule has 2 aliphatic heterocycles. The van der Waals surface area contributed by atoms with Crippen molar-refractivity contribution in [3.63, 3.8) is 0 Å². The number of ether oxygens (including phenoxy) is 2. The number of hydrogen-bond donors (Lipinski definition) is 1. The van der Waals surface area contributed by atoms with Gasteiger partial charge in [-0.1, -0.05) is 0 Å². The van der Waals surface area contributed by atoms with Crippen molar-refractivity contribution in [3.05, 3.63) is 24.0 Å². The number of benzene rings is 1. The first-order valence-corrected chi connectivity index (χ1v) is 8.99. The van der Waals surface area contributed by atoms with Gasteiger partial charge in [-0.15, -0.1) is 0 Å². The van der Waals surface area contributed by atoms with E-state index in [1.165, 1.54) is 25.0 Å². The van der Waals surface area contributed by atoms with Crippen LogP contribution in [0.15, 0.2) is 18.2 Å². The Hall–Kier alpha value is -3.04. The van der Waals surface area contributed by atoms with Crippen LogP contribution in [0.3, 0.4) is 0 Å². The van der Waals surface area contributed by atoms with Crippen molar-refractivity contribution >= 4 is 29.5 Å². The molecule has 1 N–H and O–H groups in total. The van der Waals surface area contributed by atoms with Crippen LogP contribution < -0.4 is 15.1 Å². The summed E-state index contributed by atoms with van der Waals surface area (Å²) in [4.78, 5) is 39.4. The van der Waals surface area contributed by atoms with Gasteiger partial charge in [0.15, 0.2) is 0 Å². The minimum Gasteiger partial charge on any atom is -0.453 e. The number of nitrogens with zero attached hydrogens (tertiary/aromatic N) is 3. The minimum absolute atomic E-state index is 0.211. The molecule has 0 saturated carbocycles. The summed E-state index contributed by atoms with van der Waals surface area (Å²) in [6.45, 7) is 3.67. The number of piperazine rings is 1. The fourth-order valence-corrected chi connectivity index (χ4v) is 3.28.